The number of hydrogen-bond acceptors (Lipinski definition) is 2. The summed E-state index contributed by atoms with van der Waals surface area (Å²) in [5.41, 5.74) is 0.242. The van der Waals surface area contributed by atoms with Gasteiger partial charge in [0.2, 0.25) is 0 Å². The molecule has 4 fully saturated rings. The van der Waals surface area contributed by atoms with Crippen LogP contribution in [0.1, 0.15) is 64.2 Å². The van der Waals surface area contributed by atoms with Gasteiger partial charge in [-0.05, 0) is 74.5 Å². The summed E-state index contributed by atoms with van der Waals surface area (Å²) >= 11 is 0. The van der Waals surface area contributed by atoms with Crippen LogP contribution >= 0.6 is 0 Å². The SMILES string of the molecule is O=C(O)NC(CCCCCO)C12CC3CC(CC(C3)C1)C2. The third-order valence-corrected chi connectivity index (χ3v) is 6.27. The molecular formula is C17H29NO3. The third kappa shape index (κ3) is 3.20. The quantitative estimate of drug-likeness (QED) is 0.631. The van der Waals surface area contributed by atoms with Gasteiger partial charge in [-0.25, -0.2) is 4.79 Å². The lowest BCUT2D eigenvalue weighted by Crippen LogP contribution is -2.56. The predicted molar refractivity (Wildman–Crippen MR) is 81.1 cm³/mol. The van der Waals surface area contributed by atoms with E-state index in [-0.39, 0.29) is 18.1 Å². The fourth-order valence-electron chi connectivity index (χ4n) is 5.92. The Hall–Kier alpha value is -0.770. The van der Waals surface area contributed by atoms with Gasteiger partial charge in [-0.2, -0.15) is 0 Å². The summed E-state index contributed by atoms with van der Waals surface area (Å²) in [6.07, 6.45) is 10.8. The molecule has 1 atom stereocenters. The molecule has 21 heavy (non-hydrogen) atoms. The molecule has 4 nitrogen and oxygen atoms in total. The van der Waals surface area contributed by atoms with Crippen LogP contribution in [0.4, 0.5) is 4.79 Å². The van der Waals surface area contributed by atoms with Gasteiger partial charge < -0.3 is 15.5 Å². The summed E-state index contributed by atoms with van der Waals surface area (Å²) in [4.78, 5) is 11.2. The van der Waals surface area contributed by atoms with Gasteiger partial charge in [0.15, 0.2) is 0 Å². The van der Waals surface area contributed by atoms with Crippen LogP contribution in [0, 0.1) is 23.2 Å². The van der Waals surface area contributed by atoms with Crippen LogP contribution in [0.15, 0.2) is 0 Å². The molecule has 0 aromatic heterocycles. The van der Waals surface area contributed by atoms with Gasteiger partial charge in [-0.15, -0.1) is 0 Å². The van der Waals surface area contributed by atoms with E-state index in [1.165, 1.54) is 38.5 Å². The lowest BCUT2D eigenvalue weighted by Gasteiger charge is -2.59. The molecule has 0 aromatic carbocycles. The molecule has 1 amide bonds. The van der Waals surface area contributed by atoms with E-state index in [0.717, 1.165) is 43.4 Å². The maximum Gasteiger partial charge on any atom is 0.404 e. The first kappa shape index (κ1) is 15.1. The number of amides is 1. The molecule has 3 N–H and O–H groups in total. The monoisotopic (exact) mass is 295 g/mol. The van der Waals surface area contributed by atoms with E-state index >= 15 is 0 Å². The van der Waals surface area contributed by atoms with Crippen molar-refractivity contribution < 1.29 is 15.0 Å². The van der Waals surface area contributed by atoms with Crippen LogP contribution in [-0.2, 0) is 0 Å². The zero-order valence-corrected chi connectivity index (χ0v) is 12.9. The first-order valence-electron chi connectivity index (χ1n) is 8.71. The molecule has 0 saturated heterocycles. The van der Waals surface area contributed by atoms with Crippen molar-refractivity contribution in [3.63, 3.8) is 0 Å². The van der Waals surface area contributed by atoms with Crippen LogP contribution in [0.25, 0.3) is 0 Å². The minimum Gasteiger partial charge on any atom is -0.465 e. The molecule has 4 heteroatoms. The number of unbranched alkanes of at least 4 members (excludes halogenated alkanes) is 2. The first-order chi connectivity index (χ1) is 10.1. The Balaban J connectivity index is 1.67. The Kier molecular flexibility index (Phi) is 4.43. The molecule has 120 valence electrons. The normalized spacial score (nSPS) is 38.4. The first-order valence-corrected chi connectivity index (χ1v) is 8.71. The summed E-state index contributed by atoms with van der Waals surface area (Å²) in [6.45, 7) is 0.244. The number of aliphatic hydroxyl groups excluding tert-OH is 1. The molecule has 4 aliphatic carbocycles. The molecule has 0 spiro atoms. The topological polar surface area (TPSA) is 69.6 Å². The highest BCUT2D eigenvalue weighted by atomic mass is 16.4. The molecule has 0 aromatic rings. The zero-order valence-electron chi connectivity index (χ0n) is 12.9. The Morgan fingerprint density at radius 2 is 1.62 bits per heavy atom. The van der Waals surface area contributed by atoms with Crippen LogP contribution in [0.3, 0.4) is 0 Å². The number of carbonyl (C=O) groups is 1. The van der Waals surface area contributed by atoms with Crippen molar-refractivity contribution in [1.29, 1.82) is 0 Å². The van der Waals surface area contributed by atoms with Gasteiger partial charge in [-0.3, -0.25) is 0 Å². The highest BCUT2D eigenvalue weighted by Crippen LogP contribution is 2.61. The van der Waals surface area contributed by atoms with E-state index in [9.17, 15) is 9.90 Å². The number of hydrogen-bond donors (Lipinski definition) is 3. The van der Waals surface area contributed by atoms with E-state index in [1.807, 2.05) is 0 Å². The molecule has 4 rings (SSSR count). The van der Waals surface area contributed by atoms with Crippen molar-refractivity contribution in [3.05, 3.63) is 0 Å². The summed E-state index contributed by atoms with van der Waals surface area (Å²) in [5, 5.41) is 21.0. The fraction of sp³-hybridized carbons (Fsp3) is 0.941. The van der Waals surface area contributed by atoms with Gasteiger partial charge >= 0.3 is 6.09 Å². The molecule has 4 bridgehead atoms. The van der Waals surface area contributed by atoms with Gasteiger partial charge in [0, 0.05) is 12.6 Å². The average molecular weight is 295 g/mol. The number of aliphatic hydroxyl groups is 1. The maximum atomic E-state index is 11.2. The summed E-state index contributed by atoms with van der Waals surface area (Å²) < 4.78 is 0. The third-order valence-electron chi connectivity index (χ3n) is 6.27. The Morgan fingerprint density at radius 3 is 2.10 bits per heavy atom. The van der Waals surface area contributed by atoms with Crippen LogP contribution < -0.4 is 5.32 Å². The number of carboxylic acid groups (broad SMARTS) is 1. The summed E-state index contributed by atoms with van der Waals surface area (Å²) in [7, 11) is 0. The van der Waals surface area contributed by atoms with Gasteiger partial charge in [0.05, 0.1) is 0 Å². The zero-order chi connectivity index (χ0) is 14.9. The van der Waals surface area contributed by atoms with E-state index in [4.69, 9.17) is 5.11 Å². The molecule has 4 saturated carbocycles. The van der Waals surface area contributed by atoms with E-state index in [1.54, 1.807) is 0 Å². The highest BCUT2D eigenvalue weighted by molar-refractivity contribution is 5.65. The standard InChI is InChI=1S/C17H29NO3/c19-5-3-1-2-4-15(18-16(20)21)17-9-12-6-13(10-17)8-14(7-12)11-17/h12-15,18-19H,1-11H2,(H,20,21). The van der Waals surface area contributed by atoms with Gasteiger partial charge in [0.25, 0.3) is 0 Å². The fourth-order valence-corrected chi connectivity index (χ4v) is 5.92. The lowest BCUT2D eigenvalue weighted by molar-refractivity contribution is -0.0742. The minimum absolute atomic E-state index is 0.127. The van der Waals surface area contributed by atoms with Crippen molar-refractivity contribution in [1.82, 2.24) is 5.32 Å². The van der Waals surface area contributed by atoms with Gasteiger partial charge in [0.1, 0.15) is 0 Å². The highest BCUT2D eigenvalue weighted by Gasteiger charge is 2.54. The Bertz CT molecular complexity index is 347. The number of nitrogens with one attached hydrogen (secondary N) is 1. The largest absolute Gasteiger partial charge is 0.465 e. The Morgan fingerprint density at radius 1 is 1.05 bits per heavy atom. The van der Waals surface area contributed by atoms with Crippen molar-refractivity contribution in [2.24, 2.45) is 23.2 Å². The van der Waals surface area contributed by atoms with Crippen molar-refractivity contribution in [2.75, 3.05) is 6.61 Å². The van der Waals surface area contributed by atoms with Gasteiger partial charge in [-0.1, -0.05) is 12.8 Å². The molecule has 4 aliphatic rings. The van der Waals surface area contributed by atoms with E-state index in [0.29, 0.717) is 0 Å². The summed E-state index contributed by atoms with van der Waals surface area (Å²) in [5.74, 6) is 2.56. The summed E-state index contributed by atoms with van der Waals surface area (Å²) in [6, 6.07) is 0.127. The second-order valence-corrected chi connectivity index (χ2v) is 7.85. The lowest BCUT2D eigenvalue weighted by atomic mass is 9.47. The van der Waals surface area contributed by atoms with Crippen LogP contribution in [-0.4, -0.2) is 29.0 Å². The molecule has 0 radical (unpaired) electrons. The average Bonchev–Trinajstić information content (AvgIpc) is 2.40. The van der Waals surface area contributed by atoms with Crippen molar-refractivity contribution in [2.45, 2.75) is 70.3 Å². The predicted octanol–water partition coefficient (Wildman–Crippen LogP) is 3.39. The van der Waals surface area contributed by atoms with Crippen molar-refractivity contribution >= 4 is 6.09 Å². The second-order valence-electron chi connectivity index (χ2n) is 7.85. The second kappa shape index (κ2) is 6.15. The molecule has 1 unspecified atom stereocenters. The molecule has 0 heterocycles. The van der Waals surface area contributed by atoms with Crippen LogP contribution in [0.2, 0.25) is 0 Å². The molecule has 0 aliphatic heterocycles. The number of rotatable bonds is 7. The smallest absolute Gasteiger partial charge is 0.404 e. The maximum absolute atomic E-state index is 11.2. The Labute approximate surface area is 127 Å². The van der Waals surface area contributed by atoms with E-state index < -0.39 is 6.09 Å². The van der Waals surface area contributed by atoms with E-state index in [2.05, 4.69) is 5.32 Å². The minimum atomic E-state index is -0.863. The van der Waals surface area contributed by atoms with Crippen LogP contribution in [0.5, 0.6) is 0 Å². The van der Waals surface area contributed by atoms with Crippen molar-refractivity contribution in [3.8, 4) is 0 Å². The molecular weight excluding hydrogens is 266 g/mol.